The first kappa shape index (κ1) is 14.2. The number of carbonyl (C=O) groups excluding carboxylic acids is 1. The van der Waals surface area contributed by atoms with Crippen molar-refractivity contribution in [1.29, 1.82) is 0 Å². The zero-order chi connectivity index (χ0) is 15.6. The minimum Gasteiger partial charge on any atom is -0.477 e. The fourth-order valence-corrected chi connectivity index (χ4v) is 1.66. The van der Waals surface area contributed by atoms with Crippen LogP contribution in [0.25, 0.3) is 0 Å². The molecule has 0 aliphatic heterocycles. The second kappa shape index (κ2) is 5.41. The van der Waals surface area contributed by atoms with Gasteiger partial charge in [-0.1, -0.05) is 0 Å². The van der Waals surface area contributed by atoms with E-state index in [-0.39, 0.29) is 22.6 Å². The van der Waals surface area contributed by atoms with Crippen LogP contribution in [-0.4, -0.2) is 31.7 Å². The van der Waals surface area contributed by atoms with E-state index < -0.39 is 16.8 Å². The minimum atomic E-state index is -1.22. The number of nitro benzene ring substituents is 1. The van der Waals surface area contributed by atoms with Crippen LogP contribution in [0.15, 0.2) is 30.5 Å². The maximum absolute atomic E-state index is 12.0. The summed E-state index contributed by atoms with van der Waals surface area (Å²) in [4.78, 5) is 33.0. The van der Waals surface area contributed by atoms with Crippen molar-refractivity contribution in [3.63, 3.8) is 0 Å². The second-order valence-corrected chi connectivity index (χ2v) is 4.09. The molecule has 1 aromatic heterocycles. The number of amides is 1. The van der Waals surface area contributed by atoms with E-state index in [2.05, 4.69) is 10.4 Å². The Morgan fingerprint density at radius 1 is 1.33 bits per heavy atom. The summed E-state index contributed by atoms with van der Waals surface area (Å²) in [7, 11) is 1.48. The number of rotatable bonds is 4. The smallest absolute Gasteiger partial charge is 0.341 e. The molecule has 0 unspecified atom stereocenters. The lowest BCUT2D eigenvalue weighted by Crippen LogP contribution is -2.16. The van der Waals surface area contributed by atoms with Gasteiger partial charge in [0, 0.05) is 24.7 Å². The largest absolute Gasteiger partial charge is 0.477 e. The topological polar surface area (TPSA) is 127 Å². The molecule has 0 saturated heterocycles. The number of non-ortho nitro benzene ring substituents is 1. The summed E-state index contributed by atoms with van der Waals surface area (Å²) in [6.07, 6.45) is 1.12. The van der Waals surface area contributed by atoms with E-state index in [1.54, 1.807) is 0 Å². The number of hydrogen-bond donors (Lipinski definition) is 2. The number of carboxylic acids is 1. The van der Waals surface area contributed by atoms with Crippen molar-refractivity contribution in [3.8, 4) is 0 Å². The molecule has 2 aromatic rings. The van der Waals surface area contributed by atoms with Gasteiger partial charge in [-0.05, 0) is 12.1 Å². The van der Waals surface area contributed by atoms with Gasteiger partial charge >= 0.3 is 5.97 Å². The fraction of sp³-hybridized carbons (Fsp3) is 0.0833. The maximum atomic E-state index is 12.0. The van der Waals surface area contributed by atoms with Crippen LogP contribution in [0.1, 0.15) is 20.7 Å². The summed E-state index contributed by atoms with van der Waals surface area (Å²) < 4.78 is 1.22. The SMILES string of the molecule is Cn1ncc(C(=O)O)c1NC(=O)c1ccc([N+](=O)[O-])cc1. The first-order valence-corrected chi connectivity index (χ1v) is 5.71. The molecule has 0 spiro atoms. The van der Waals surface area contributed by atoms with Crippen LogP contribution in [0.3, 0.4) is 0 Å². The summed E-state index contributed by atoms with van der Waals surface area (Å²) >= 11 is 0. The molecule has 9 nitrogen and oxygen atoms in total. The maximum Gasteiger partial charge on any atom is 0.341 e. The third kappa shape index (κ3) is 2.86. The Morgan fingerprint density at radius 3 is 2.48 bits per heavy atom. The fourth-order valence-electron chi connectivity index (χ4n) is 1.66. The van der Waals surface area contributed by atoms with Crippen molar-refractivity contribution in [2.24, 2.45) is 7.05 Å². The molecule has 9 heteroatoms. The lowest BCUT2D eigenvalue weighted by Gasteiger charge is -2.06. The van der Waals surface area contributed by atoms with Gasteiger partial charge in [0.05, 0.1) is 11.1 Å². The molecule has 0 fully saturated rings. The summed E-state index contributed by atoms with van der Waals surface area (Å²) in [5.74, 6) is -1.77. The van der Waals surface area contributed by atoms with Crippen LogP contribution in [-0.2, 0) is 7.05 Å². The Bertz CT molecular complexity index is 720. The molecular formula is C12H10N4O5. The Hall–Kier alpha value is -3.23. The van der Waals surface area contributed by atoms with Gasteiger partial charge in [-0.15, -0.1) is 0 Å². The number of aromatic carboxylic acids is 1. The van der Waals surface area contributed by atoms with E-state index in [4.69, 9.17) is 5.11 Å². The Labute approximate surface area is 118 Å². The number of benzene rings is 1. The molecule has 0 bridgehead atoms. The van der Waals surface area contributed by atoms with E-state index in [0.717, 1.165) is 6.20 Å². The zero-order valence-electron chi connectivity index (χ0n) is 10.8. The van der Waals surface area contributed by atoms with Gasteiger partial charge in [-0.3, -0.25) is 19.6 Å². The van der Waals surface area contributed by atoms with Crippen LogP contribution < -0.4 is 5.32 Å². The number of nitrogens with one attached hydrogen (secondary N) is 1. The van der Waals surface area contributed by atoms with Crippen molar-refractivity contribution in [2.45, 2.75) is 0 Å². The number of carbonyl (C=O) groups is 2. The third-order valence-electron chi connectivity index (χ3n) is 2.74. The Kier molecular flexibility index (Phi) is 3.65. The van der Waals surface area contributed by atoms with Crippen LogP contribution in [0.4, 0.5) is 11.5 Å². The van der Waals surface area contributed by atoms with Gasteiger partial charge in [-0.2, -0.15) is 5.10 Å². The minimum absolute atomic E-state index is 0.0332. The van der Waals surface area contributed by atoms with Gasteiger partial charge < -0.3 is 10.4 Å². The van der Waals surface area contributed by atoms with Crippen molar-refractivity contribution in [1.82, 2.24) is 9.78 Å². The molecule has 1 heterocycles. The van der Waals surface area contributed by atoms with Crippen molar-refractivity contribution < 1.29 is 19.6 Å². The van der Waals surface area contributed by atoms with E-state index in [1.807, 2.05) is 0 Å². The van der Waals surface area contributed by atoms with Crippen LogP contribution in [0.2, 0.25) is 0 Å². The van der Waals surface area contributed by atoms with Gasteiger partial charge in [0.2, 0.25) is 0 Å². The van der Waals surface area contributed by atoms with E-state index in [1.165, 1.54) is 36.0 Å². The number of aryl methyl sites for hydroxylation is 1. The number of nitrogens with zero attached hydrogens (tertiary/aromatic N) is 3. The van der Waals surface area contributed by atoms with Crippen LogP contribution >= 0.6 is 0 Å². The number of anilines is 1. The molecule has 1 aromatic carbocycles. The van der Waals surface area contributed by atoms with Gasteiger partial charge in [-0.25, -0.2) is 4.79 Å². The summed E-state index contributed by atoms with van der Waals surface area (Å²) in [6, 6.07) is 4.95. The van der Waals surface area contributed by atoms with Crippen LogP contribution in [0.5, 0.6) is 0 Å². The standard InChI is InChI=1S/C12H10N4O5/c1-15-10(9(6-13-15)12(18)19)14-11(17)7-2-4-8(5-3-7)16(20)21/h2-6H,1H3,(H,14,17)(H,18,19). The van der Waals surface area contributed by atoms with Crippen molar-refractivity contribution in [2.75, 3.05) is 5.32 Å². The number of aromatic nitrogens is 2. The molecule has 0 aliphatic carbocycles. The summed E-state index contributed by atoms with van der Waals surface area (Å²) in [5.41, 5.74) is -0.121. The van der Waals surface area contributed by atoms with Gasteiger partial charge in [0.1, 0.15) is 11.4 Å². The molecule has 21 heavy (non-hydrogen) atoms. The van der Waals surface area contributed by atoms with Gasteiger partial charge in [0.25, 0.3) is 11.6 Å². The Morgan fingerprint density at radius 2 is 1.95 bits per heavy atom. The van der Waals surface area contributed by atoms with E-state index in [0.29, 0.717) is 0 Å². The average Bonchev–Trinajstić information content (AvgIpc) is 2.80. The predicted molar refractivity (Wildman–Crippen MR) is 71.2 cm³/mol. The second-order valence-electron chi connectivity index (χ2n) is 4.09. The summed E-state index contributed by atoms with van der Waals surface area (Å²) in [5, 5.41) is 25.7. The van der Waals surface area contributed by atoms with Crippen molar-refractivity contribution in [3.05, 3.63) is 51.7 Å². The number of hydrogen-bond acceptors (Lipinski definition) is 5. The predicted octanol–water partition coefficient (Wildman–Crippen LogP) is 1.28. The third-order valence-corrected chi connectivity index (χ3v) is 2.74. The van der Waals surface area contributed by atoms with Crippen molar-refractivity contribution >= 4 is 23.4 Å². The Balaban J connectivity index is 2.24. The molecule has 0 saturated carbocycles. The van der Waals surface area contributed by atoms with Gasteiger partial charge in [0.15, 0.2) is 0 Å². The number of nitro groups is 1. The monoisotopic (exact) mass is 290 g/mol. The average molecular weight is 290 g/mol. The highest BCUT2D eigenvalue weighted by Gasteiger charge is 2.18. The molecule has 108 valence electrons. The molecule has 0 atom stereocenters. The quantitative estimate of drug-likeness (QED) is 0.644. The highest BCUT2D eigenvalue weighted by molar-refractivity contribution is 6.07. The lowest BCUT2D eigenvalue weighted by molar-refractivity contribution is -0.384. The molecule has 0 radical (unpaired) electrons. The molecule has 2 N–H and O–H groups in total. The molecule has 1 amide bonds. The first-order valence-electron chi connectivity index (χ1n) is 5.71. The van der Waals surface area contributed by atoms with E-state index in [9.17, 15) is 19.7 Å². The summed E-state index contributed by atoms with van der Waals surface area (Å²) in [6.45, 7) is 0. The molecule has 0 aliphatic rings. The zero-order valence-corrected chi connectivity index (χ0v) is 10.8. The number of carboxylic acid groups (broad SMARTS) is 1. The first-order chi connectivity index (χ1) is 9.90. The lowest BCUT2D eigenvalue weighted by atomic mass is 10.2. The highest BCUT2D eigenvalue weighted by Crippen LogP contribution is 2.17. The normalized spacial score (nSPS) is 10.1. The molecule has 2 rings (SSSR count). The van der Waals surface area contributed by atoms with Crippen LogP contribution in [0, 0.1) is 10.1 Å². The molecular weight excluding hydrogens is 280 g/mol. The van der Waals surface area contributed by atoms with E-state index >= 15 is 0 Å². The highest BCUT2D eigenvalue weighted by atomic mass is 16.6.